The molecule has 0 radical (unpaired) electrons. The van der Waals surface area contributed by atoms with Gasteiger partial charge in [0.1, 0.15) is 5.65 Å². The number of methoxy groups -OCH3 is 3. The Labute approximate surface area is 160 Å². The molecule has 1 atom stereocenters. The van der Waals surface area contributed by atoms with Crippen LogP contribution in [0.5, 0.6) is 23.1 Å². The average molecular weight is 382 g/mol. The van der Waals surface area contributed by atoms with Crippen LogP contribution >= 0.6 is 0 Å². The molecule has 144 valence electrons. The normalized spacial score (nSPS) is 15.7. The number of fused-ring (bicyclic) bond motifs is 2. The Morgan fingerprint density at radius 1 is 1.07 bits per heavy atom. The first-order chi connectivity index (χ1) is 13.6. The Kier molecular flexibility index (Phi) is 4.38. The quantitative estimate of drug-likeness (QED) is 0.639. The minimum absolute atomic E-state index is 0.00145. The van der Waals surface area contributed by atoms with Crippen molar-refractivity contribution in [2.45, 2.75) is 12.3 Å². The SMILES string of the molecule is COc1cc([C@H]2CC(=O)Oc3nc4ccccn4c(=O)c32)cc(OC)c1OC. The molecule has 1 aromatic carbocycles. The van der Waals surface area contributed by atoms with Gasteiger partial charge in [0.05, 0.1) is 33.3 Å². The number of benzene rings is 1. The Balaban J connectivity index is 1.97. The van der Waals surface area contributed by atoms with Gasteiger partial charge >= 0.3 is 5.97 Å². The second-order valence-electron chi connectivity index (χ2n) is 6.25. The molecule has 4 rings (SSSR count). The number of esters is 1. The predicted molar refractivity (Wildman–Crippen MR) is 99.7 cm³/mol. The van der Waals surface area contributed by atoms with E-state index in [1.54, 1.807) is 36.5 Å². The first kappa shape index (κ1) is 17.8. The number of carbonyl (C=O) groups excluding carboxylic acids is 1. The van der Waals surface area contributed by atoms with Crippen LogP contribution in [-0.4, -0.2) is 36.7 Å². The molecule has 0 fully saturated rings. The van der Waals surface area contributed by atoms with Crippen molar-refractivity contribution in [1.29, 1.82) is 0 Å². The lowest BCUT2D eigenvalue weighted by atomic mass is 9.87. The van der Waals surface area contributed by atoms with Crippen LogP contribution in [0.2, 0.25) is 0 Å². The van der Waals surface area contributed by atoms with E-state index >= 15 is 0 Å². The summed E-state index contributed by atoms with van der Waals surface area (Å²) in [5, 5.41) is 0. The fraction of sp³-hybridized carbons (Fsp3) is 0.250. The molecule has 3 heterocycles. The summed E-state index contributed by atoms with van der Waals surface area (Å²) >= 11 is 0. The summed E-state index contributed by atoms with van der Waals surface area (Å²) in [5.41, 5.74) is 1.11. The molecule has 28 heavy (non-hydrogen) atoms. The van der Waals surface area contributed by atoms with Crippen LogP contribution in [0.1, 0.15) is 23.5 Å². The van der Waals surface area contributed by atoms with Crippen molar-refractivity contribution in [1.82, 2.24) is 9.38 Å². The van der Waals surface area contributed by atoms with E-state index in [1.165, 1.54) is 25.7 Å². The highest BCUT2D eigenvalue weighted by atomic mass is 16.5. The van der Waals surface area contributed by atoms with Gasteiger partial charge in [0, 0.05) is 12.1 Å². The number of nitrogens with zero attached hydrogens (tertiary/aromatic N) is 2. The first-order valence-corrected chi connectivity index (χ1v) is 8.59. The van der Waals surface area contributed by atoms with Gasteiger partial charge in [-0.3, -0.25) is 14.0 Å². The van der Waals surface area contributed by atoms with Gasteiger partial charge in [-0.2, -0.15) is 4.98 Å². The molecule has 0 saturated carbocycles. The second-order valence-corrected chi connectivity index (χ2v) is 6.25. The summed E-state index contributed by atoms with van der Waals surface area (Å²) < 4.78 is 22.9. The van der Waals surface area contributed by atoms with Crippen LogP contribution in [0.4, 0.5) is 0 Å². The number of hydrogen-bond acceptors (Lipinski definition) is 7. The number of pyridine rings is 1. The van der Waals surface area contributed by atoms with Crippen molar-refractivity contribution in [2.75, 3.05) is 21.3 Å². The molecule has 0 N–H and O–H groups in total. The summed E-state index contributed by atoms with van der Waals surface area (Å²) in [6.07, 6.45) is 1.63. The van der Waals surface area contributed by atoms with Gasteiger partial charge < -0.3 is 18.9 Å². The second kappa shape index (κ2) is 6.88. The van der Waals surface area contributed by atoms with Crippen LogP contribution < -0.4 is 24.5 Å². The molecule has 2 aromatic heterocycles. The van der Waals surface area contributed by atoms with Gasteiger partial charge in [-0.05, 0) is 29.8 Å². The molecule has 8 nitrogen and oxygen atoms in total. The molecule has 3 aromatic rings. The van der Waals surface area contributed by atoms with E-state index in [0.29, 0.717) is 34.0 Å². The maximum Gasteiger partial charge on any atom is 0.313 e. The van der Waals surface area contributed by atoms with Gasteiger partial charge in [-0.25, -0.2) is 0 Å². The van der Waals surface area contributed by atoms with E-state index in [1.807, 2.05) is 0 Å². The first-order valence-electron chi connectivity index (χ1n) is 8.59. The van der Waals surface area contributed by atoms with Crippen LogP contribution in [0, 0.1) is 0 Å². The fourth-order valence-corrected chi connectivity index (χ4v) is 3.46. The van der Waals surface area contributed by atoms with Gasteiger partial charge in [-0.1, -0.05) is 6.07 Å². The zero-order valence-corrected chi connectivity index (χ0v) is 15.6. The van der Waals surface area contributed by atoms with E-state index in [4.69, 9.17) is 18.9 Å². The monoisotopic (exact) mass is 382 g/mol. The zero-order valence-electron chi connectivity index (χ0n) is 15.6. The van der Waals surface area contributed by atoms with E-state index in [9.17, 15) is 9.59 Å². The van der Waals surface area contributed by atoms with E-state index in [2.05, 4.69) is 4.98 Å². The third kappa shape index (κ3) is 2.74. The molecule has 0 amide bonds. The molecule has 1 aliphatic heterocycles. The van der Waals surface area contributed by atoms with Crippen LogP contribution in [0.25, 0.3) is 5.65 Å². The average Bonchev–Trinajstić information content (AvgIpc) is 2.71. The highest BCUT2D eigenvalue weighted by Crippen LogP contribution is 2.43. The maximum atomic E-state index is 13.1. The van der Waals surface area contributed by atoms with Crippen molar-refractivity contribution in [3.8, 4) is 23.1 Å². The lowest BCUT2D eigenvalue weighted by molar-refractivity contribution is -0.135. The van der Waals surface area contributed by atoms with Crippen LogP contribution in [0.3, 0.4) is 0 Å². The molecular formula is C20H18N2O6. The van der Waals surface area contributed by atoms with Gasteiger partial charge in [-0.15, -0.1) is 0 Å². The van der Waals surface area contributed by atoms with Crippen molar-refractivity contribution in [3.05, 3.63) is 58.0 Å². The molecular weight excluding hydrogens is 364 g/mol. The summed E-state index contributed by atoms with van der Waals surface area (Å²) in [6.45, 7) is 0. The molecule has 8 heteroatoms. The van der Waals surface area contributed by atoms with Crippen LogP contribution in [-0.2, 0) is 4.79 Å². The van der Waals surface area contributed by atoms with Crippen molar-refractivity contribution >= 4 is 11.6 Å². The smallest absolute Gasteiger partial charge is 0.313 e. The summed E-state index contributed by atoms with van der Waals surface area (Å²) in [6, 6.07) is 8.64. The largest absolute Gasteiger partial charge is 0.493 e. The third-order valence-electron chi connectivity index (χ3n) is 4.75. The lowest BCUT2D eigenvalue weighted by Crippen LogP contribution is -2.31. The topological polar surface area (TPSA) is 88.4 Å². The number of hydrogen-bond donors (Lipinski definition) is 0. The summed E-state index contributed by atoms with van der Waals surface area (Å²) in [5.74, 6) is 0.324. The number of aromatic nitrogens is 2. The number of carbonyl (C=O) groups is 1. The Morgan fingerprint density at radius 3 is 2.43 bits per heavy atom. The molecule has 0 spiro atoms. The Hall–Kier alpha value is -3.55. The maximum absolute atomic E-state index is 13.1. The van der Waals surface area contributed by atoms with Crippen LogP contribution in [0.15, 0.2) is 41.3 Å². The Morgan fingerprint density at radius 2 is 1.79 bits per heavy atom. The number of rotatable bonds is 4. The molecule has 1 aliphatic rings. The lowest BCUT2D eigenvalue weighted by Gasteiger charge is -2.25. The minimum atomic E-state index is -0.554. The van der Waals surface area contributed by atoms with Gasteiger partial charge in [0.25, 0.3) is 5.56 Å². The Bertz CT molecular complexity index is 1110. The fourth-order valence-electron chi connectivity index (χ4n) is 3.46. The molecule has 0 unspecified atom stereocenters. The summed E-state index contributed by atoms with van der Waals surface area (Å²) in [4.78, 5) is 29.7. The standard InChI is InChI=1S/C20H18N2O6/c1-25-13-8-11(9-14(26-2)18(13)27-3)12-10-16(23)28-19-17(12)20(24)22-7-5-4-6-15(22)21-19/h4-9,12H,10H2,1-3H3/t12-/m1/s1. The van der Waals surface area contributed by atoms with E-state index in [0.717, 1.165) is 0 Å². The van der Waals surface area contributed by atoms with Crippen molar-refractivity contribution in [3.63, 3.8) is 0 Å². The number of ether oxygens (including phenoxy) is 4. The van der Waals surface area contributed by atoms with E-state index < -0.39 is 11.9 Å². The van der Waals surface area contributed by atoms with Gasteiger partial charge in [0.2, 0.25) is 11.6 Å². The molecule has 0 aliphatic carbocycles. The highest BCUT2D eigenvalue weighted by molar-refractivity contribution is 5.77. The third-order valence-corrected chi connectivity index (χ3v) is 4.75. The molecule has 0 saturated heterocycles. The van der Waals surface area contributed by atoms with E-state index in [-0.39, 0.29) is 17.9 Å². The van der Waals surface area contributed by atoms with Crippen molar-refractivity contribution < 1.29 is 23.7 Å². The molecule has 0 bridgehead atoms. The predicted octanol–water partition coefficient (Wildman–Crippen LogP) is 2.16. The highest BCUT2D eigenvalue weighted by Gasteiger charge is 2.34. The minimum Gasteiger partial charge on any atom is -0.493 e. The van der Waals surface area contributed by atoms with Gasteiger partial charge in [0.15, 0.2) is 11.5 Å². The van der Waals surface area contributed by atoms with Crippen molar-refractivity contribution in [2.24, 2.45) is 0 Å². The summed E-state index contributed by atoms with van der Waals surface area (Å²) in [7, 11) is 4.53. The zero-order chi connectivity index (χ0) is 19.8.